The molecule has 256 valence electrons. The summed E-state index contributed by atoms with van der Waals surface area (Å²) in [5.74, 6) is 2.14. The summed E-state index contributed by atoms with van der Waals surface area (Å²) in [5, 5.41) is 13.2. The van der Waals surface area contributed by atoms with Crippen LogP contribution in [0.3, 0.4) is 0 Å². The van der Waals surface area contributed by atoms with Gasteiger partial charge in [0.05, 0.1) is 0 Å². The number of pyridine rings is 1. The molecule has 4 aliphatic carbocycles. The second-order valence-electron chi connectivity index (χ2n) is 17.4. The van der Waals surface area contributed by atoms with Gasteiger partial charge in [0, 0.05) is 48.5 Å². The van der Waals surface area contributed by atoms with Gasteiger partial charge in [-0.1, -0.05) is 82.1 Å². The Bertz CT molecular complexity index is 1740. The molecule has 0 amide bonds. The topological polar surface area (TPSA) is 27.4 Å². The van der Waals surface area contributed by atoms with Gasteiger partial charge in [-0.2, -0.15) is 4.57 Å². The highest BCUT2D eigenvalue weighted by atomic mass is 16.3. The van der Waals surface area contributed by atoms with Crippen LogP contribution in [0.5, 0.6) is 0 Å². The smallest absolute Gasteiger partial charge is 0.213 e. The number of fused-ring (bicyclic) bond motifs is 5. The highest BCUT2D eigenvalue weighted by molar-refractivity contribution is 5.74. The van der Waals surface area contributed by atoms with E-state index in [-0.39, 0.29) is 5.41 Å². The minimum atomic E-state index is -0.774. The lowest BCUT2D eigenvalue weighted by molar-refractivity contribution is -0.692. The van der Waals surface area contributed by atoms with Gasteiger partial charge in [-0.3, -0.25) is 0 Å². The quantitative estimate of drug-likeness (QED) is 0.210. The van der Waals surface area contributed by atoms with Crippen LogP contribution in [-0.4, -0.2) is 24.8 Å². The fourth-order valence-electron chi connectivity index (χ4n) is 11.8. The minimum absolute atomic E-state index is 0.0947. The fourth-order valence-corrected chi connectivity index (χ4v) is 11.8. The van der Waals surface area contributed by atoms with E-state index in [1.807, 2.05) is 0 Å². The van der Waals surface area contributed by atoms with Crippen LogP contribution in [0, 0.1) is 34.0 Å². The van der Waals surface area contributed by atoms with Gasteiger partial charge in [0.15, 0.2) is 6.54 Å². The van der Waals surface area contributed by atoms with E-state index in [1.165, 1.54) is 84.3 Å². The molecule has 8 rings (SSSR count). The first-order valence-corrected chi connectivity index (χ1v) is 19.2. The van der Waals surface area contributed by atoms with Crippen molar-refractivity contribution in [2.45, 2.75) is 97.1 Å². The van der Waals surface area contributed by atoms with Crippen molar-refractivity contribution in [3.63, 3.8) is 0 Å². The maximum Gasteiger partial charge on any atom is 0.213 e. The summed E-state index contributed by atoms with van der Waals surface area (Å²) in [5.41, 5.74) is 8.41. The third-order valence-electron chi connectivity index (χ3n) is 15.1. The number of benzene rings is 3. The van der Waals surface area contributed by atoms with Gasteiger partial charge in [-0.25, -0.2) is 0 Å². The monoisotopic (exact) mass is 653 g/mol. The lowest BCUT2D eigenvalue weighted by Crippen LogP contribution is -2.61. The molecule has 0 radical (unpaired) electrons. The van der Waals surface area contributed by atoms with E-state index in [4.69, 9.17) is 0 Å². The Kier molecular flexibility index (Phi) is 8.10. The molecule has 49 heavy (non-hydrogen) atoms. The van der Waals surface area contributed by atoms with Crippen LogP contribution < -0.4 is 9.47 Å². The molecule has 0 bridgehead atoms. The SMILES string of the molecule is CN(C)c1ccc(-c2cc(-c3ccccc3)[n+](CC3(O)CCC4C5CCC6(C)CCCCC6(C)C5CCC43C)c(-c3ccccc3)c2)cc1. The normalized spacial score (nSPS) is 33.7. The zero-order valence-electron chi connectivity index (χ0n) is 30.6. The fraction of sp³-hybridized carbons (Fsp3) is 0.500. The molecular formula is C46H57N2O+. The van der Waals surface area contributed by atoms with Crippen molar-refractivity contribution in [1.29, 1.82) is 0 Å². The summed E-state index contributed by atoms with van der Waals surface area (Å²) in [6.07, 6.45) is 12.8. The van der Waals surface area contributed by atoms with Crippen LogP contribution >= 0.6 is 0 Å². The van der Waals surface area contributed by atoms with Gasteiger partial charge in [-0.05, 0) is 127 Å². The summed E-state index contributed by atoms with van der Waals surface area (Å²) in [7, 11) is 4.18. The van der Waals surface area contributed by atoms with E-state index in [0.29, 0.717) is 23.3 Å². The van der Waals surface area contributed by atoms with E-state index in [0.717, 1.165) is 31.1 Å². The number of hydrogen-bond donors (Lipinski definition) is 1. The van der Waals surface area contributed by atoms with E-state index < -0.39 is 5.60 Å². The first-order valence-electron chi connectivity index (χ1n) is 19.2. The molecule has 0 aliphatic heterocycles. The van der Waals surface area contributed by atoms with Crippen molar-refractivity contribution >= 4 is 5.69 Å². The maximum absolute atomic E-state index is 13.2. The zero-order valence-corrected chi connectivity index (χ0v) is 30.6. The molecule has 4 aromatic rings. The molecule has 0 spiro atoms. The van der Waals surface area contributed by atoms with E-state index in [1.54, 1.807) is 0 Å². The van der Waals surface area contributed by atoms with Gasteiger partial charge in [0.1, 0.15) is 5.60 Å². The molecule has 0 saturated heterocycles. The Balaban J connectivity index is 1.22. The number of nitrogens with zero attached hydrogens (tertiary/aromatic N) is 2. The highest BCUT2D eigenvalue weighted by Crippen LogP contribution is 2.71. The largest absolute Gasteiger partial charge is 0.383 e. The first-order chi connectivity index (χ1) is 23.6. The Morgan fingerprint density at radius 1 is 0.612 bits per heavy atom. The summed E-state index contributed by atoms with van der Waals surface area (Å²) >= 11 is 0. The average molecular weight is 654 g/mol. The van der Waals surface area contributed by atoms with Crippen molar-refractivity contribution in [2.75, 3.05) is 19.0 Å². The molecule has 7 unspecified atom stereocenters. The Labute approximate surface area is 295 Å². The Morgan fingerprint density at radius 2 is 1.18 bits per heavy atom. The summed E-state index contributed by atoms with van der Waals surface area (Å²) in [6.45, 7) is 8.41. The van der Waals surface area contributed by atoms with Gasteiger partial charge in [0.2, 0.25) is 11.4 Å². The number of aromatic nitrogens is 1. The van der Waals surface area contributed by atoms with Gasteiger partial charge >= 0.3 is 0 Å². The second-order valence-corrected chi connectivity index (χ2v) is 17.4. The van der Waals surface area contributed by atoms with E-state index in [2.05, 4.69) is 141 Å². The van der Waals surface area contributed by atoms with Crippen molar-refractivity contribution in [3.05, 3.63) is 97.1 Å². The minimum Gasteiger partial charge on any atom is -0.383 e. The van der Waals surface area contributed by atoms with Crippen LogP contribution in [-0.2, 0) is 6.54 Å². The number of anilines is 1. The molecule has 4 fully saturated rings. The number of hydrogen-bond acceptors (Lipinski definition) is 2. The third kappa shape index (κ3) is 5.21. The summed E-state index contributed by atoms with van der Waals surface area (Å²) in [6, 6.07) is 35.4. The van der Waals surface area contributed by atoms with Crippen LogP contribution in [0.25, 0.3) is 33.6 Å². The van der Waals surface area contributed by atoms with E-state index in [9.17, 15) is 5.11 Å². The Hall–Kier alpha value is -3.43. The van der Waals surface area contributed by atoms with E-state index >= 15 is 0 Å². The molecule has 3 aromatic carbocycles. The zero-order chi connectivity index (χ0) is 34.0. The number of aliphatic hydroxyl groups is 1. The van der Waals surface area contributed by atoms with Crippen LogP contribution in [0.15, 0.2) is 97.1 Å². The third-order valence-corrected chi connectivity index (χ3v) is 15.1. The Morgan fingerprint density at radius 3 is 1.80 bits per heavy atom. The molecule has 1 aromatic heterocycles. The lowest BCUT2D eigenvalue weighted by Gasteiger charge is -2.65. The molecule has 4 saturated carbocycles. The molecule has 4 aliphatic rings. The molecular weight excluding hydrogens is 597 g/mol. The predicted octanol–water partition coefficient (Wildman–Crippen LogP) is 10.6. The van der Waals surface area contributed by atoms with Crippen LogP contribution in [0.2, 0.25) is 0 Å². The van der Waals surface area contributed by atoms with Crippen molar-refractivity contribution in [2.24, 2.45) is 34.0 Å². The van der Waals surface area contributed by atoms with Gasteiger partial charge in [-0.15, -0.1) is 0 Å². The molecule has 3 heteroatoms. The molecule has 1 N–H and O–H groups in total. The lowest BCUT2D eigenvalue weighted by atomic mass is 9.40. The second kappa shape index (κ2) is 12.1. The van der Waals surface area contributed by atoms with Gasteiger partial charge < -0.3 is 10.0 Å². The predicted molar refractivity (Wildman–Crippen MR) is 203 cm³/mol. The molecule has 1 heterocycles. The van der Waals surface area contributed by atoms with Crippen LogP contribution in [0.4, 0.5) is 5.69 Å². The summed E-state index contributed by atoms with van der Waals surface area (Å²) < 4.78 is 2.49. The molecule has 3 nitrogen and oxygen atoms in total. The van der Waals surface area contributed by atoms with Gasteiger partial charge in [0.25, 0.3) is 0 Å². The van der Waals surface area contributed by atoms with Crippen molar-refractivity contribution < 1.29 is 9.67 Å². The number of rotatable bonds is 6. The summed E-state index contributed by atoms with van der Waals surface area (Å²) in [4.78, 5) is 2.15. The average Bonchev–Trinajstić information content (AvgIpc) is 3.39. The van der Waals surface area contributed by atoms with Crippen LogP contribution in [0.1, 0.15) is 85.0 Å². The first kappa shape index (κ1) is 32.8. The van der Waals surface area contributed by atoms with Crippen molar-refractivity contribution in [3.8, 4) is 33.6 Å². The van der Waals surface area contributed by atoms with Crippen molar-refractivity contribution in [1.82, 2.24) is 0 Å². The maximum atomic E-state index is 13.2. The standard InChI is InChI=1S/C46H57N2O/c1-43-25-12-13-26-44(43,2)39-23-28-45(3)40(38(39)22-27-43)24-29-46(45,49)32-48-41(34-14-8-6-9-15-34)30-36(31-42(48)35-16-10-7-11-17-35)33-18-20-37(21-19-33)47(4)5/h6-11,14-21,30-31,38-40,49H,12-13,22-29,32H2,1-5H3/q+1. The highest BCUT2D eigenvalue weighted by Gasteiger charge is 2.67. The molecule has 7 atom stereocenters.